The van der Waals surface area contributed by atoms with Gasteiger partial charge in [-0.05, 0) is 69.7 Å². The molecule has 3 N–H and O–H groups in total. The van der Waals surface area contributed by atoms with E-state index >= 15 is 0 Å². The largest absolute Gasteiger partial charge is 0.393 e. The number of fused-ring (bicyclic) bond motifs is 1. The highest BCUT2D eigenvalue weighted by molar-refractivity contribution is 6.05. The molecule has 1 fully saturated rings. The zero-order valence-electron chi connectivity index (χ0n) is 14.4. The summed E-state index contributed by atoms with van der Waals surface area (Å²) in [6, 6.07) is 6.50. The maximum Gasteiger partial charge on any atom is 0.234 e. The molecule has 23 heavy (non-hydrogen) atoms. The predicted molar refractivity (Wildman–Crippen MR) is 92.5 cm³/mol. The molecule has 3 unspecified atom stereocenters. The lowest BCUT2D eigenvalue weighted by Gasteiger charge is -2.27. The van der Waals surface area contributed by atoms with Gasteiger partial charge < -0.3 is 15.7 Å². The van der Waals surface area contributed by atoms with E-state index in [1.165, 1.54) is 12.0 Å². The van der Waals surface area contributed by atoms with Crippen molar-refractivity contribution in [3.05, 3.63) is 29.3 Å². The molecule has 1 aliphatic heterocycles. The molecule has 3 atom stereocenters. The molecule has 0 aromatic heterocycles. The Morgan fingerprint density at radius 2 is 2.17 bits per heavy atom. The molecule has 1 aromatic carbocycles. The zero-order chi connectivity index (χ0) is 16.6. The van der Waals surface area contributed by atoms with E-state index in [1.54, 1.807) is 0 Å². The summed E-state index contributed by atoms with van der Waals surface area (Å²) in [5.74, 6) is 0.636. The van der Waals surface area contributed by atoms with Gasteiger partial charge in [-0.1, -0.05) is 18.6 Å². The van der Waals surface area contributed by atoms with Crippen molar-refractivity contribution in [2.75, 3.05) is 11.9 Å². The van der Waals surface area contributed by atoms with E-state index in [2.05, 4.69) is 29.7 Å². The fraction of sp³-hybridized carbons (Fsp3) is 0.632. The number of rotatable bonds is 4. The number of anilines is 1. The molecular weight excluding hydrogens is 288 g/mol. The SMILES string of the molecule is CC(NCC1CCCC(O)C1)c1ccc2c(c1)C(C)(C)C(=O)N2. The third kappa shape index (κ3) is 3.29. The Morgan fingerprint density at radius 3 is 2.91 bits per heavy atom. The van der Waals surface area contributed by atoms with E-state index in [0.717, 1.165) is 37.1 Å². The topological polar surface area (TPSA) is 61.4 Å². The Kier molecular flexibility index (Phi) is 4.47. The molecule has 2 aliphatic rings. The Bertz CT molecular complexity index is 597. The minimum Gasteiger partial charge on any atom is -0.393 e. The summed E-state index contributed by atoms with van der Waals surface area (Å²) in [4.78, 5) is 12.0. The smallest absolute Gasteiger partial charge is 0.234 e. The maximum absolute atomic E-state index is 12.0. The second-order valence-electron chi connectivity index (χ2n) is 7.70. The van der Waals surface area contributed by atoms with Gasteiger partial charge in [0.05, 0.1) is 11.5 Å². The quantitative estimate of drug-likeness (QED) is 0.800. The molecule has 1 saturated carbocycles. The van der Waals surface area contributed by atoms with Crippen molar-refractivity contribution in [2.45, 2.75) is 64.0 Å². The van der Waals surface area contributed by atoms with E-state index in [-0.39, 0.29) is 18.1 Å². The number of nitrogens with one attached hydrogen (secondary N) is 2. The first-order valence-electron chi connectivity index (χ1n) is 8.75. The molecule has 126 valence electrons. The van der Waals surface area contributed by atoms with Gasteiger partial charge >= 0.3 is 0 Å². The van der Waals surface area contributed by atoms with Crippen LogP contribution in [0.4, 0.5) is 5.69 Å². The van der Waals surface area contributed by atoms with Crippen molar-refractivity contribution < 1.29 is 9.90 Å². The third-order valence-corrected chi connectivity index (χ3v) is 5.50. The lowest BCUT2D eigenvalue weighted by atomic mass is 9.84. The van der Waals surface area contributed by atoms with Crippen LogP contribution >= 0.6 is 0 Å². The van der Waals surface area contributed by atoms with Gasteiger partial charge in [0, 0.05) is 11.7 Å². The summed E-state index contributed by atoms with van der Waals surface area (Å²) in [7, 11) is 0. The molecule has 1 aliphatic carbocycles. The third-order valence-electron chi connectivity index (χ3n) is 5.50. The van der Waals surface area contributed by atoms with Crippen LogP contribution in [0, 0.1) is 5.92 Å². The minimum absolute atomic E-state index is 0.0708. The van der Waals surface area contributed by atoms with E-state index in [9.17, 15) is 9.90 Å². The van der Waals surface area contributed by atoms with Crippen LogP contribution in [0.25, 0.3) is 0 Å². The lowest BCUT2D eigenvalue weighted by Crippen LogP contribution is -2.31. The summed E-state index contributed by atoms with van der Waals surface area (Å²) in [6.45, 7) is 7.05. The fourth-order valence-corrected chi connectivity index (χ4v) is 3.77. The molecule has 0 saturated heterocycles. The second-order valence-corrected chi connectivity index (χ2v) is 7.70. The van der Waals surface area contributed by atoms with Gasteiger partial charge in [0.15, 0.2) is 0 Å². The second kappa shape index (κ2) is 6.25. The maximum atomic E-state index is 12.0. The molecule has 3 rings (SSSR count). The van der Waals surface area contributed by atoms with E-state index in [1.807, 2.05) is 19.9 Å². The van der Waals surface area contributed by atoms with Crippen molar-refractivity contribution in [3.8, 4) is 0 Å². The summed E-state index contributed by atoms with van der Waals surface area (Å²) in [6.07, 6.45) is 4.07. The standard InChI is InChI=1S/C19H28N2O2/c1-12(20-11-13-5-4-6-15(22)9-13)14-7-8-17-16(10-14)19(2,3)18(23)21-17/h7-8,10,12-13,15,20,22H,4-6,9,11H2,1-3H3,(H,21,23). The van der Waals surface area contributed by atoms with Crippen LogP contribution in [0.3, 0.4) is 0 Å². The van der Waals surface area contributed by atoms with Gasteiger partial charge in [0.25, 0.3) is 0 Å². The molecule has 4 heteroatoms. The highest BCUT2D eigenvalue weighted by Gasteiger charge is 2.38. The summed E-state index contributed by atoms with van der Waals surface area (Å²) < 4.78 is 0. The molecule has 0 bridgehead atoms. The minimum atomic E-state index is -0.460. The van der Waals surface area contributed by atoms with Crippen LogP contribution < -0.4 is 10.6 Å². The Labute approximate surface area is 138 Å². The van der Waals surface area contributed by atoms with Crippen molar-refractivity contribution >= 4 is 11.6 Å². The Balaban J connectivity index is 1.66. The summed E-state index contributed by atoms with van der Waals surface area (Å²) >= 11 is 0. The van der Waals surface area contributed by atoms with Crippen LogP contribution in [-0.4, -0.2) is 23.7 Å². The van der Waals surface area contributed by atoms with Gasteiger partial charge in [-0.15, -0.1) is 0 Å². The fourth-order valence-electron chi connectivity index (χ4n) is 3.77. The van der Waals surface area contributed by atoms with Crippen LogP contribution in [0.15, 0.2) is 18.2 Å². The number of benzene rings is 1. The Morgan fingerprint density at radius 1 is 1.39 bits per heavy atom. The highest BCUT2D eigenvalue weighted by atomic mass is 16.3. The lowest BCUT2D eigenvalue weighted by molar-refractivity contribution is -0.119. The van der Waals surface area contributed by atoms with Crippen LogP contribution in [-0.2, 0) is 10.2 Å². The average molecular weight is 316 g/mol. The van der Waals surface area contributed by atoms with E-state index < -0.39 is 5.41 Å². The molecule has 4 nitrogen and oxygen atoms in total. The van der Waals surface area contributed by atoms with Gasteiger partial charge in [-0.25, -0.2) is 0 Å². The molecular formula is C19H28N2O2. The summed E-state index contributed by atoms with van der Waals surface area (Å²) in [5, 5.41) is 16.3. The van der Waals surface area contributed by atoms with Crippen molar-refractivity contribution in [1.29, 1.82) is 0 Å². The number of hydrogen-bond donors (Lipinski definition) is 3. The normalized spacial score (nSPS) is 27.4. The van der Waals surface area contributed by atoms with Gasteiger partial charge in [0.2, 0.25) is 5.91 Å². The number of aliphatic hydroxyl groups is 1. The van der Waals surface area contributed by atoms with Crippen molar-refractivity contribution in [2.24, 2.45) is 5.92 Å². The van der Waals surface area contributed by atoms with Crippen LogP contribution in [0.5, 0.6) is 0 Å². The number of amides is 1. The van der Waals surface area contributed by atoms with Crippen LogP contribution in [0.2, 0.25) is 0 Å². The molecule has 0 spiro atoms. The summed E-state index contributed by atoms with van der Waals surface area (Å²) in [5.41, 5.74) is 2.77. The molecule has 1 aromatic rings. The first-order valence-corrected chi connectivity index (χ1v) is 8.75. The number of carbonyl (C=O) groups is 1. The first-order chi connectivity index (χ1) is 10.9. The number of hydrogen-bond acceptors (Lipinski definition) is 3. The monoisotopic (exact) mass is 316 g/mol. The predicted octanol–water partition coefficient (Wildman–Crippen LogP) is 3.12. The average Bonchev–Trinajstić information content (AvgIpc) is 2.74. The highest BCUT2D eigenvalue weighted by Crippen LogP contribution is 2.38. The number of carbonyl (C=O) groups excluding carboxylic acids is 1. The molecule has 0 radical (unpaired) electrons. The molecule has 1 amide bonds. The van der Waals surface area contributed by atoms with E-state index in [0.29, 0.717) is 5.92 Å². The Hall–Kier alpha value is -1.39. The zero-order valence-corrected chi connectivity index (χ0v) is 14.4. The first kappa shape index (κ1) is 16.5. The van der Waals surface area contributed by atoms with Gasteiger partial charge in [-0.3, -0.25) is 4.79 Å². The number of aliphatic hydroxyl groups excluding tert-OH is 1. The van der Waals surface area contributed by atoms with Crippen molar-refractivity contribution in [3.63, 3.8) is 0 Å². The van der Waals surface area contributed by atoms with Crippen molar-refractivity contribution in [1.82, 2.24) is 5.32 Å². The van der Waals surface area contributed by atoms with E-state index in [4.69, 9.17) is 0 Å². The van der Waals surface area contributed by atoms with Gasteiger partial charge in [0.1, 0.15) is 0 Å². The van der Waals surface area contributed by atoms with Crippen LogP contribution in [0.1, 0.15) is 63.6 Å². The van der Waals surface area contributed by atoms with Gasteiger partial charge in [-0.2, -0.15) is 0 Å². The molecule has 1 heterocycles.